The number of para-hydroxylation sites is 1. The third-order valence-corrected chi connectivity index (χ3v) is 5.84. The van der Waals surface area contributed by atoms with Crippen molar-refractivity contribution in [2.24, 2.45) is 0 Å². The van der Waals surface area contributed by atoms with Gasteiger partial charge < -0.3 is 9.84 Å². The minimum absolute atomic E-state index is 0.122. The number of aliphatic hydroxyl groups excluding tert-OH is 1. The highest BCUT2D eigenvalue weighted by Crippen LogP contribution is 2.45. The molecule has 172 valence electrons. The summed E-state index contributed by atoms with van der Waals surface area (Å²) in [5, 5.41) is 22.2. The van der Waals surface area contributed by atoms with Crippen LogP contribution in [0, 0.1) is 24.0 Å². The molecule has 0 radical (unpaired) electrons. The number of benzene rings is 3. The Bertz CT molecular complexity index is 1340. The third-order valence-electron chi connectivity index (χ3n) is 5.84. The molecule has 0 aliphatic carbocycles. The maximum Gasteiger partial charge on any atom is 0.300 e. The van der Waals surface area contributed by atoms with Crippen molar-refractivity contribution >= 4 is 28.8 Å². The molecule has 1 saturated heterocycles. The molecule has 1 unspecified atom stereocenters. The molecule has 0 spiro atoms. The molecule has 1 aliphatic heterocycles. The lowest BCUT2D eigenvalue weighted by Crippen LogP contribution is -2.30. The molecule has 3 aromatic carbocycles. The van der Waals surface area contributed by atoms with Gasteiger partial charge in [0.15, 0.2) is 0 Å². The Balaban J connectivity index is 1.98. The molecular weight excluding hydrogens is 436 g/mol. The summed E-state index contributed by atoms with van der Waals surface area (Å²) >= 11 is 0. The van der Waals surface area contributed by atoms with Crippen LogP contribution >= 0.6 is 0 Å². The summed E-state index contributed by atoms with van der Waals surface area (Å²) in [4.78, 5) is 38.4. The van der Waals surface area contributed by atoms with E-state index in [-0.39, 0.29) is 16.8 Å². The second-order valence-electron chi connectivity index (χ2n) is 8.00. The number of ether oxygens (including phenoxy) is 1. The van der Waals surface area contributed by atoms with Crippen molar-refractivity contribution in [3.8, 4) is 5.75 Å². The molecule has 3 aromatic rings. The number of amides is 1. The number of carbonyl (C=O) groups is 2. The fraction of sp³-hybridized carbons (Fsp3) is 0.154. The molecular formula is C26H22N2O6. The van der Waals surface area contributed by atoms with Crippen LogP contribution in [0.25, 0.3) is 5.76 Å². The number of hydrogen-bond donors (Lipinski definition) is 1. The molecule has 1 heterocycles. The van der Waals surface area contributed by atoms with E-state index in [1.54, 1.807) is 30.3 Å². The monoisotopic (exact) mass is 458 g/mol. The van der Waals surface area contributed by atoms with Gasteiger partial charge in [0.25, 0.3) is 17.4 Å². The molecule has 1 fully saturated rings. The number of anilines is 1. The third kappa shape index (κ3) is 3.79. The molecule has 8 nitrogen and oxygen atoms in total. The number of ketones is 1. The lowest BCUT2D eigenvalue weighted by atomic mass is 9.94. The van der Waals surface area contributed by atoms with Crippen molar-refractivity contribution in [2.75, 3.05) is 12.0 Å². The lowest BCUT2D eigenvalue weighted by molar-refractivity contribution is -0.384. The zero-order valence-electron chi connectivity index (χ0n) is 18.8. The topological polar surface area (TPSA) is 110 Å². The van der Waals surface area contributed by atoms with Crippen molar-refractivity contribution in [2.45, 2.75) is 19.9 Å². The molecule has 1 aliphatic rings. The number of aliphatic hydroxyl groups is 1. The molecule has 0 bridgehead atoms. The van der Waals surface area contributed by atoms with E-state index in [0.29, 0.717) is 17.0 Å². The Morgan fingerprint density at radius 2 is 1.71 bits per heavy atom. The quantitative estimate of drug-likeness (QED) is 0.192. The van der Waals surface area contributed by atoms with Crippen LogP contribution < -0.4 is 9.64 Å². The largest absolute Gasteiger partial charge is 0.507 e. The number of nitrogens with zero attached hydrogens (tertiary/aromatic N) is 2. The maximum absolute atomic E-state index is 13.3. The number of nitro benzene ring substituents is 1. The lowest BCUT2D eigenvalue weighted by Gasteiger charge is -2.28. The standard InChI is InChI=1S/C26H22N2O6/c1-15-8-13-20(16(2)14-15)27-23(19-6-4-5-7-21(19)34-3)22(25(30)26(27)31)24(29)17-9-11-18(12-10-17)28(32)33/h4-14,23,29H,1-3H3/b24-22+. The van der Waals surface area contributed by atoms with E-state index in [4.69, 9.17) is 4.74 Å². The number of methoxy groups -OCH3 is 1. The second kappa shape index (κ2) is 8.82. The molecule has 8 heteroatoms. The fourth-order valence-electron chi connectivity index (χ4n) is 4.24. The van der Waals surface area contributed by atoms with E-state index < -0.39 is 28.4 Å². The van der Waals surface area contributed by atoms with Gasteiger partial charge in [-0.15, -0.1) is 0 Å². The number of hydrogen-bond acceptors (Lipinski definition) is 6. The first-order valence-corrected chi connectivity index (χ1v) is 10.5. The summed E-state index contributed by atoms with van der Waals surface area (Å²) in [5.74, 6) is -1.62. The Morgan fingerprint density at radius 3 is 2.32 bits per heavy atom. The molecule has 0 saturated carbocycles. The second-order valence-corrected chi connectivity index (χ2v) is 8.00. The summed E-state index contributed by atoms with van der Waals surface area (Å²) in [6, 6.07) is 16.7. The van der Waals surface area contributed by atoms with Crippen LogP contribution in [-0.2, 0) is 9.59 Å². The van der Waals surface area contributed by atoms with Gasteiger partial charge >= 0.3 is 0 Å². The number of rotatable bonds is 5. The van der Waals surface area contributed by atoms with Gasteiger partial charge in [0, 0.05) is 28.9 Å². The molecule has 1 amide bonds. The molecule has 34 heavy (non-hydrogen) atoms. The van der Waals surface area contributed by atoms with Gasteiger partial charge in [0.2, 0.25) is 0 Å². The number of Topliss-reactive ketones (excluding diaryl/α,β-unsaturated/α-hetero) is 1. The van der Waals surface area contributed by atoms with Crippen molar-refractivity contribution < 1.29 is 24.4 Å². The van der Waals surface area contributed by atoms with Gasteiger partial charge in [0.05, 0.1) is 23.6 Å². The van der Waals surface area contributed by atoms with Gasteiger partial charge in [-0.2, -0.15) is 0 Å². The molecule has 1 N–H and O–H groups in total. The van der Waals surface area contributed by atoms with Gasteiger partial charge in [-0.25, -0.2) is 0 Å². The molecule has 0 aromatic heterocycles. The highest BCUT2D eigenvalue weighted by molar-refractivity contribution is 6.51. The van der Waals surface area contributed by atoms with Crippen LogP contribution in [-0.4, -0.2) is 28.8 Å². The number of nitro groups is 1. The fourth-order valence-corrected chi connectivity index (χ4v) is 4.24. The van der Waals surface area contributed by atoms with Crippen LogP contribution in [0.5, 0.6) is 5.75 Å². The van der Waals surface area contributed by atoms with Crippen molar-refractivity contribution in [1.29, 1.82) is 0 Å². The zero-order chi connectivity index (χ0) is 24.6. The minimum Gasteiger partial charge on any atom is -0.507 e. The van der Waals surface area contributed by atoms with Crippen LogP contribution in [0.2, 0.25) is 0 Å². The van der Waals surface area contributed by atoms with Crippen LogP contribution in [0.4, 0.5) is 11.4 Å². The van der Waals surface area contributed by atoms with Gasteiger partial charge in [-0.3, -0.25) is 24.6 Å². The Morgan fingerprint density at radius 1 is 1.03 bits per heavy atom. The summed E-state index contributed by atoms with van der Waals surface area (Å²) in [6.45, 7) is 3.77. The van der Waals surface area contributed by atoms with Crippen molar-refractivity contribution in [3.63, 3.8) is 0 Å². The average Bonchev–Trinajstić information content (AvgIpc) is 3.09. The van der Waals surface area contributed by atoms with E-state index in [9.17, 15) is 24.8 Å². The predicted molar refractivity (Wildman–Crippen MR) is 127 cm³/mol. The van der Waals surface area contributed by atoms with Crippen LogP contribution in [0.3, 0.4) is 0 Å². The summed E-state index contributed by atoms with van der Waals surface area (Å²) in [6.07, 6.45) is 0. The van der Waals surface area contributed by atoms with Gasteiger partial charge in [0.1, 0.15) is 11.5 Å². The highest BCUT2D eigenvalue weighted by atomic mass is 16.6. The van der Waals surface area contributed by atoms with Crippen LogP contribution in [0.15, 0.2) is 72.3 Å². The SMILES string of the molecule is COc1ccccc1C1/C(=C(\O)c2ccc([N+](=O)[O-])cc2)C(=O)C(=O)N1c1ccc(C)cc1C. The van der Waals surface area contributed by atoms with E-state index in [1.165, 1.54) is 36.3 Å². The van der Waals surface area contributed by atoms with Crippen molar-refractivity contribution in [1.82, 2.24) is 0 Å². The summed E-state index contributed by atoms with van der Waals surface area (Å²) < 4.78 is 5.51. The van der Waals surface area contributed by atoms with E-state index in [2.05, 4.69) is 0 Å². The van der Waals surface area contributed by atoms with Gasteiger partial charge in [-0.1, -0.05) is 35.9 Å². The smallest absolute Gasteiger partial charge is 0.300 e. The highest BCUT2D eigenvalue weighted by Gasteiger charge is 2.48. The number of aryl methyl sites for hydroxylation is 2. The maximum atomic E-state index is 13.3. The predicted octanol–water partition coefficient (Wildman–Crippen LogP) is 4.85. The van der Waals surface area contributed by atoms with E-state index >= 15 is 0 Å². The first-order valence-electron chi connectivity index (χ1n) is 10.5. The normalized spacial score (nSPS) is 17.1. The Labute approximate surface area is 195 Å². The first-order chi connectivity index (χ1) is 16.2. The van der Waals surface area contributed by atoms with E-state index in [1.807, 2.05) is 26.0 Å². The average molecular weight is 458 g/mol. The zero-order valence-corrected chi connectivity index (χ0v) is 18.8. The van der Waals surface area contributed by atoms with E-state index in [0.717, 1.165) is 11.1 Å². The number of non-ortho nitro benzene ring substituents is 1. The summed E-state index contributed by atoms with van der Waals surface area (Å²) in [7, 11) is 1.48. The van der Waals surface area contributed by atoms with Crippen LogP contribution in [0.1, 0.15) is 28.3 Å². The molecule has 1 atom stereocenters. The van der Waals surface area contributed by atoms with Gasteiger partial charge in [-0.05, 0) is 43.7 Å². The molecule has 4 rings (SSSR count). The first kappa shape index (κ1) is 22.7. The minimum atomic E-state index is -0.965. The Kier molecular flexibility index (Phi) is 5.89. The van der Waals surface area contributed by atoms with Crippen molar-refractivity contribution in [3.05, 3.63) is 105 Å². The number of carbonyl (C=O) groups excluding carboxylic acids is 2. The Hall–Kier alpha value is -4.46. The summed E-state index contributed by atoms with van der Waals surface area (Å²) in [5.41, 5.74) is 2.75.